The molecule has 0 aliphatic rings. The second-order valence-corrected chi connectivity index (χ2v) is 4.26. The van der Waals surface area contributed by atoms with Crippen LogP contribution < -0.4 is 5.73 Å². The predicted molar refractivity (Wildman–Crippen MR) is 63.7 cm³/mol. The highest BCUT2D eigenvalue weighted by atomic mass is 16.5. The molecule has 2 heteroatoms. The Morgan fingerprint density at radius 2 is 1.73 bits per heavy atom. The third kappa shape index (κ3) is 4.96. The van der Waals surface area contributed by atoms with Crippen LogP contribution in [-0.4, -0.2) is 13.2 Å². The van der Waals surface area contributed by atoms with Gasteiger partial charge in [-0.15, -0.1) is 0 Å². The quantitative estimate of drug-likeness (QED) is 0.727. The Morgan fingerprint density at radius 1 is 1.13 bits per heavy atom. The summed E-state index contributed by atoms with van der Waals surface area (Å²) in [6.07, 6.45) is 1.14. The summed E-state index contributed by atoms with van der Waals surface area (Å²) in [6.45, 7) is 6.36. The maximum atomic E-state index is 5.36. The topological polar surface area (TPSA) is 35.2 Å². The van der Waals surface area contributed by atoms with E-state index < -0.39 is 0 Å². The van der Waals surface area contributed by atoms with Crippen molar-refractivity contribution in [2.45, 2.75) is 26.9 Å². The lowest BCUT2D eigenvalue weighted by Crippen LogP contribution is -2.08. The lowest BCUT2D eigenvalue weighted by molar-refractivity contribution is 0.128. The van der Waals surface area contributed by atoms with E-state index in [9.17, 15) is 0 Å². The van der Waals surface area contributed by atoms with E-state index in [1.165, 1.54) is 11.1 Å². The average Bonchev–Trinajstić information content (AvgIpc) is 2.20. The molecule has 0 radical (unpaired) electrons. The molecule has 2 N–H and O–H groups in total. The van der Waals surface area contributed by atoms with E-state index in [0.717, 1.165) is 6.42 Å². The molecule has 0 bridgehead atoms. The van der Waals surface area contributed by atoms with Gasteiger partial charge in [-0.2, -0.15) is 0 Å². The number of ether oxygens (including phenoxy) is 1. The van der Waals surface area contributed by atoms with Crippen molar-refractivity contribution in [3.8, 4) is 0 Å². The third-order valence-electron chi connectivity index (χ3n) is 2.20. The molecule has 0 atom stereocenters. The Morgan fingerprint density at radius 3 is 2.27 bits per heavy atom. The number of hydrogen-bond acceptors (Lipinski definition) is 2. The first kappa shape index (κ1) is 12.2. The van der Waals surface area contributed by atoms with Crippen LogP contribution in [-0.2, 0) is 17.8 Å². The summed E-state index contributed by atoms with van der Waals surface area (Å²) in [7, 11) is 0. The summed E-state index contributed by atoms with van der Waals surface area (Å²) in [5.74, 6) is 0.712. The number of nitrogens with two attached hydrogens (primary N) is 1. The minimum atomic E-state index is 0.589. The van der Waals surface area contributed by atoms with Crippen molar-refractivity contribution in [3.05, 3.63) is 35.4 Å². The van der Waals surface area contributed by atoms with Gasteiger partial charge in [0.2, 0.25) is 0 Å². The summed E-state index contributed by atoms with van der Waals surface area (Å²) in [5.41, 5.74) is 7.96. The Balaban J connectivity index is 2.42. The van der Waals surface area contributed by atoms with Crippen LogP contribution in [0, 0.1) is 5.92 Å². The zero-order valence-electron chi connectivity index (χ0n) is 9.70. The summed E-state index contributed by atoms with van der Waals surface area (Å²) in [5, 5.41) is 0. The van der Waals surface area contributed by atoms with E-state index in [4.69, 9.17) is 10.5 Å². The van der Waals surface area contributed by atoms with Gasteiger partial charge in [-0.3, -0.25) is 0 Å². The number of hydrogen-bond donors (Lipinski definition) is 1. The van der Waals surface area contributed by atoms with Crippen LogP contribution in [0.2, 0.25) is 0 Å². The fourth-order valence-electron chi connectivity index (χ4n) is 1.52. The van der Waals surface area contributed by atoms with Gasteiger partial charge in [0.25, 0.3) is 0 Å². The molecule has 0 saturated heterocycles. The average molecular weight is 207 g/mol. The zero-order valence-corrected chi connectivity index (χ0v) is 9.70. The summed E-state index contributed by atoms with van der Waals surface area (Å²) in [6, 6.07) is 8.63. The molecule has 0 aromatic heterocycles. The molecule has 15 heavy (non-hydrogen) atoms. The van der Waals surface area contributed by atoms with Crippen LogP contribution >= 0.6 is 0 Å². The Hall–Kier alpha value is -0.860. The molecular formula is C13H21NO. The maximum Gasteiger partial charge on any atom is 0.0717 e. The Kier molecular flexibility index (Phi) is 5.37. The monoisotopic (exact) mass is 207 g/mol. The summed E-state index contributed by atoms with van der Waals surface area (Å²) in [4.78, 5) is 0. The van der Waals surface area contributed by atoms with Gasteiger partial charge >= 0.3 is 0 Å². The summed E-state index contributed by atoms with van der Waals surface area (Å²) >= 11 is 0. The van der Waals surface area contributed by atoms with Gasteiger partial charge in [-0.25, -0.2) is 0 Å². The van der Waals surface area contributed by atoms with Crippen LogP contribution in [0.4, 0.5) is 0 Å². The lowest BCUT2D eigenvalue weighted by Gasteiger charge is -2.06. The van der Waals surface area contributed by atoms with Gasteiger partial charge in [0.15, 0.2) is 0 Å². The van der Waals surface area contributed by atoms with Crippen molar-refractivity contribution < 1.29 is 4.74 Å². The van der Waals surface area contributed by atoms with Crippen molar-refractivity contribution in [2.24, 2.45) is 11.7 Å². The summed E-state index contributed by atoms with van der Waals surface area (Å²) < 4.78 is 5.36. The van der Waals surface area contributed by atoms with Crippen LogP contribution in [0.25, 0.3) is 0 Å². The molecule has 0 aliphatic heterocycles. The van der Waals surface area contributed by atoms with Crippen molar-refractivity contribution in [2.75, 3.05) is 13.2 Å². The number of benzene rings is 1. The molecule has 2 nitrogen and oxygen atoms in total. The van der Waals surface area contributed by atoms with Gasteiger partial charge in [-0.1, -0.05) is 38.1 Å². The van der Waals surface area contributed by atoms with Crippen molar-refractivity contribution in [1.29, 1.82) is 0 Å². The minimum absolute atomic E-state index is 0.589. The van der Waals surface area contributed by atoms with Crippen molar-refractivity contribution >= 4 is 0 Å². The fourth-order valence-corrected chi connectivity index (χ4v) is 1.52. The lowest BCUT2D eigenvalue weighted by atomic mass is 10.0. The molecule has 0 unspecified atom stereocenters. The second-order valence-electron chi connectivity index (χ2n) is 4.26. The van der Waals surface area contributed by atoms with Gasteiger partial charge in [0.1, 0.15) is 0 Å². The van der Waals surface area contributed by atoms with Crippen LogP contribution in [0.3, 0.4) is 0 Å². The molecule has 1 aromatic rings. The first-order chi connectivity index (χ1) is 7.22. The van der Waals surface area contributed by atoms with E-state index in [-0.39, 0.29) is 0 Å². The normalized spacial score (nSPS) is 10.9. The van der Waals surface area contributed by atoms with Gasteiger partial charge in [-0.05, 0) is 23.5 Å². The predicted octanol–water partition coefficient (Wildman–Crippen LogP) is 2.36. The van der Waals surface area contributed by atoms with Crippen LogP contribution in [0.1, 0.15) is 25.0 Å². The third-order valence-corrected chi connectivity index (χ3v) is 2.20. The maximum absolute atomic E-state index is 5.36. The standard InChI is InChI=1S/C13H21NO/c1-11(2)9-12-3-5-13(6-4-12)10-15-8-7-14/h3-6,11H,7-10,14H2,1-2H3. The molecule has 0 fully saturated rings. The molecule has 0 heterocycles. The van der Waals surface area contributed by atoms with E-state index in [0.29, 0.717) is 25.7 Å². The number of rotatable bonds is 6. The molecule has 1 aromatic carbocycles. The van der Waals surface area contributed by atoms with Crippen LogP contribution in [0.15, 0.2) is 24.3 Å². The smallest absolute Gasteiger partial charge is 0.0717 e. The zero-order chi connectivity index (χ0) is 11.1. The second kappa shape index (κ2) is 6.59. The van der Waals surface area contributed by atoms with Gasteiger partial charge < -0.3 is 10.5 Å². The van der Waals surface area contributed by atoms with Crippen molar-refractivity contribution in [1.82, 2.24) is 0 Å². The highest BCUT2D eigenvalue weighted by molar-refractivity contribution is 5.22. The molecule has 0 aliphatic carbocycles. The first-order valence-corrected chi connectivity index (χ1v) is 5.58. The molecular weight excluding hydrogens is 186 g/mol. The molecule has 0 amide bonds. The first-order valence-electron chi connectivity index (χ1n) is 5.58. The van der Waals surface area contributed by atoms with E-state index in [1.807, 2.05) is 0 Å². The Labute approximate surface area is 92.4 Å². The van der Waals surface area contributed by atoms with E-state index in [2.05, 4.69) is 38.1 Å². The molecule has 1 rings (SSSR count). The highest BCUT2D eigenvalue weighted by Gasteiger charge is 1.98. The van der Waals surface area contributed by atoms with Crippen LogP contribution in [0.5, 0.6) is 0 Å². The fraction of sp³-hybridized carbons (Fsp3) is 0.538. The minimum Gasteiger partial charge on any atom is -0.375 e. The Bertz CT molecular complexity index is 266. The van der Waals surface area contributed by atoms with Gasteiger partial charge in [0, 0.05) is 6.54 Å². The SMILES string of the molecule is CC(C)Cc1ccc(COCCN)cc1. The molecule has 0 spiro atoms. The van der Waals surface area contributed by atoms with E-state index in [1.54, 1.807) is 0 Å². The highest BCUT2D eigenvalue weighted by Crippen LogP contribution is 2.10. The van der Waals surface area contributed by atoms with Crippen molar-refractivity contribution in [3.63, 3.8) is 0 Å². The van der Waals surface area contributed by atoms with E-state index >= 15 is 0 Å². The molecule has 84 valence electrons. The largest absolute Gasteiger partial charge is 0.375 e. The van der Waals surface area contributed by atoms with Gasteiger partial charge in [0.05, 0.1) is 13.2 Å². The molecule has 0 saturated carbocycles.